The average Bonchev–Trinajstić information content (AvgIpc) is 3.76. The Hall–Kier alpha value is -3.75. The van der Waals surface area contributed by atoms with Crippen molar-refractivity contribution in [2.75, 3.05) is 32.2 Å². The number of anilines is 1. The third-order valence-corrected chi connectivity index (χ3v) is 11.4. The number of halogens is 4. The number of alkyl halides is 3. The molecule has 0 saturated carbocycles. The molecule has 0 radical (unpaired) electrons. The first kappa shape index (κ1) is 49.9. The maximum absolute atomic E-state index is 14.1. The minimum Gasteiger partial charge on any atom is -0.387 e. The SMILES string of the molecule is N#Cc1cc(F)cc(CO[C@H](COCCCCCCCCCCCCCCCCCC(F)(F)F)COP(=O)(O)OC[C@@]2(C#N)O[C@@H](c3ccc4c(N)ncnn34)[C@H](O)[C@@H]2O)c1. The lowest BCUT2D eigenvalue weighted by molar-refractivity contribution is -0.135. The van der Waals surface area contributed by atoms with E-state index in [4.69, 9.17) is 29.0 Å². The number of phosphoric ester groups is 1. The quantitative estimate of drug-likeness (QED) is 0.0295. The summed E-state index contributed by atoms with van der Waals surface area (Å²) >= 11 is 0. The molecule has 3 heterocycles. The summed E-state index contributed by atoms with van der Waals surface area (Å²) < 4.78 is 92.8. The van der Waals surface area contributed by atoms with Gasteiger partial charge in [-0.05, 0) is 48.7 Å². The Morgan fingerprint density at radius 1 is 0.918 bits per heavy atom. The van der Waals surface area contributed by atoms with Crippen LogP contribution in [0.25, 0.3) is 5.52 Å². The van der Waals surface area contributed by atoms with Gasteiger partial charge in [0.05, 0.1) is 37.1 Å². The topological polar surface area (TPSA) is 228 Å². The molecule has 338 valence electrons. The third-order valence-electron chi connectivity index (χ3n) is 10.4. The molecule has 1 aliphatic rings. The molecule has 15 nitrogen and oxygen atoms in total. The van der Waals surface area contributed by atoms with Crippen LogP contribution in [0.5, 0.6) is 0 Å². The molecule has 61 heavy (non-hydrogen) atoms. The van der Waals surface area contributed by atoms with Crippen LogP contribution in [0.3, 0.4) is 0 Å². The second kappa shape index (κ2) is 24.8. The van der Waals surface area contributed by atoms with Gasteiger partial charge in [-0.3, -0.25) is 9.05 Å². The fraction of sp³-hybridized carbons (Fsp3) is 0.659. The van der Waals surface area contributed by atoms with E-state index < -0.39 is 69.5 Å². The predicted octanol–water partition coefficient (Wildman–Crippen LogP) is 7.92. The monoisotopic (exact) mass is 884 g/mol. The van der Waals surface area contributed by atoms with Crippen LogP contribution >= 0.6 is 7.82 Å². The van der Waals surface area contributed by atoms with E-state index in [0.29, 0.717) is 24.1 Å². The van der Waals surface area contributed by atoms with Gasteiger partial charge >= 0.3 is 14.0 Å². The fourth-order valence-corrected chi connectivity index (χ4v) is 7.85. The van der Waals surface area contributed by atoms with E-state index in [9.17, 15) is 47.8 Å². The van der Waals surface area contributed by atoms with Crippen molar-refractivity contribution in [3.05, 3.63) is 59.3 Å². The second-order valence-electron chi connectivity index (χ2n) is 15.3. The maximum Gasteiger partial charge on any atom is 0.472 e. The van der Waals surface area contributed by atoms with E-state index in [-0.39, 0.29) is 36.7 Å². The molecule has 4 rings (SSSR count). The van der Waals surface area contributed by atoms with Gasteiger partial charge in [0, 0.05) is 13.0 Å². The van der Waals surface area contributed by atoms with Crippen molar-refractivity contribution in [3.8, 4) is 12.1 Å². The van der Waals surface area contributed by atoms with Crippen LogP contribution in [-0.4, -0.2) is 86.2 Å². The van der Waals surface area contributed by atoms with Crippen molar-refractivity contribution >= 4 is 19.2 Å². The summed E-state index contributed by atoms with van der Waals surface area (Å²) in [5, 5.41) is 45.1. The number of nitriles is 2. The molecular formula is C41H57F4N6O9P. The Balaban J connectivity index is 1.17. The van der Waals surface area contributed by atoms with Crippen molar-refractivity contribution in [2.45, 2.75) is 146 Å². The van der Waals surface area contributed by atoms with Crippen LogP contribution in [-0.2, 0) is 34.4 Å². The lowest BCUT2D eigenvalue weighted by Crippen LogP contribution is -2.45. The largest absolute Gasteiger partial charge is 0.472 e. The maximum atomic E-state index is 14.1. The smallest absolute Gasteiger partial charge is 0.387 e. The average molecular weight is 885 g/mol. The van der Waals surface area contributed by atoms with Gasteiger partial charge < -0.3 is 35.1 Å². The third kappa shape index (κ3) is 16.5. The Morgan fingerprint density at radius 2 is 1.54 bits per heavy atom. The number of aliphatic hydroxyl groups excluding tert-OH is 2. The summed E-state index contributed by atoms with van der Waals surface area (Å²) in [7, 11) is -4.96. The number of hydrogen-bond acceptors (Lipinski definition) is 13. The summed E-state index contributed by atoms with van der Waals surface area (Å²) in [4.78, 5) is 14.5. The van der Waals surface area contributed by atoms with Gasteiger partial charge in [0.1, 0.15) is 54.8 Å². The first-order chi connectivity index (χ1) is 29.2. The lowest BCUT2D eigenvalue weighted by atomic mass is 9.96. The van der Waals surface area contributed by atoms with Crippen LogP contribution in [0, 0.1) is 28.5 Å². The van der Waals surface area contributed by atoms with Crippen molar-refractivity contribution in [1.29, 1.82) is 10.5 Å². The zero-order chi connectivity index (χ0) is 44.3. The number of hydrogen-bond donors (Lipinski definition) is 4. The van der Waals surface area contributed by atoms with Gasteiger partial charge in [-0.2, -0.15) is 28.8 Å². The number of ether oxygens (including phenoxy) is 3. The molecule has 3 aromatic rings. The number of unbranched alkanes of at least 4 members (excludes halogenated alkanes) is 14. The molecule has 6 atom stereocenters. The van der Waals surface area contributed by atoms with Crippen LogP contribution < -0.4 is 5.73 Å². The molecule has 1 aromatic carbocycles. The minimum atomic E-state index is -4.96. The molecule has 0 bridgehead atoms. The molecule has 1 fully saturated rings. The molecule has 2 aromatic heterocycles. The molecule has 1 aliphatic heterocycles. The molecular weight excluding hydrogens is 827 g/mol. The molecule has 0 aliphatic carbocycles. The van der Waals surface area contributed by atoms with Crippen LogP contribution in [0.15, 0.2) is 36.7 Å². The summed E-state index contributed by atoms with van der Waals surface area (Å²) in [6.07, 6.45) is 5.07. The number of rotatable bonds is 29. The first-order valence-corrected chi connectivity index (χ1v) is 22.3. The Labute approximate surface area is 353 Å². The van der Waals surface area contributed by atoms with Gasteiger partial charge in [-0.25, -0.2) is 18.5 Å². The second-order valence-corrected chi connectivity index (χ2v) is 16.8. The molecule has 0 amide bonds. The van der Waals surface area contributed by atoms with E-state index >= 15 is 0 Å². The summed E-state index contributed by atoms with van der Waals surface area (Å²) in [6, 6.07) is 10.4. The van der Waals surface area contributed by atoms with Crippen molar-refractivity contribution in [2.24, 2.45) is 0 Å². The Bertz CT molecular complexity index is 1930. The number of aliphatic hydroxyl groups is 2. The molecule has 1 saturated heterocycles. The van der Waals surface area contributed by atoms with Crippen molar-refractivity contribution in [3.63, 3.8) is 0 Å². The minimum absolute atomic E-state index is 0.0738. The van der Waals surface area contributed by atoms with Gasteiger partial charge in [-0.1, -0.05) is 83.5 Å². The highest BCUT2D eigenvalue weighted by atomic mass is 31.2. The Morgan fingerprint density at radius 3 is 2.15 bits per heavy atom. The first-order valence-electron chi connectivity index (χ1n) is 20.8. The van der Waals surface area contributed by atoms with Gasteiger partial charge in [-0.15, -0.1) is 0 Å². The number of nitrogens with two attached hydrogens (primary N) is 1. The highest BCUT2D eigenvalue weighted by Gasteiger charge is 2.57. The van der Waals surface area contributed by atoms with E-state index in [2.05, 4.69) is 10.1 Å². The van der Waals surface area contributed by atoms with Gasteiger partial charge in [0.2, 0.25) is 5.60 Å². The molecule has 20 heteroatoms. The molecule has 1 unspecified atom stereocenters. The summed E-state index contributed by atoms with van der Waals surface area (Å²) in [5.74, 6) is -0.504. The number of phosphoric acid groups is 1. The molecule has 0 spiro atoms. The van der Waals surface area contributed by atoms with Crippen LogP contribution in [0.2, 0.25) is 0 Å². The molecule has 5 N–H and O–H groups in total. The van der Waals surface area contributed by atoms with Crippen molar-refractivity contribution in [1.82, 2.24) is 14.6 Å². The zero-order valence-corrected chi connectivity index (χ0v) is 35.1. The van der Waals surface area contributed by atoms with Gasteiger partial charge in [0.15, 0.2) is 5.82 Å². The fourth-order valence-electron chi connectivity index (χ4n) is 7.07. The number of nitrogen functional groups attached to an aromatic ring is 1. The van der Waals surface area contributed by atoms with E-state index in [1.807, 2.05) is 6.07 Å². The number of nitrogens with zero attached hydrogens (tertiary/aromatic N) is 5. The van der Waals surface area contributed by atoms with Crippen LogP contribution in [0.4, 0.5) is 23.4 Å². The van der Waals surface area contributed by atoms with Crippen molar-refractivity contribution < 1.29 is 60.5 Å². The lowest BCUT2D eigenvalue weighted by Gasteiger charge is -2.26. The van der Waals surface area contributed by atoms with E-state index in [1.54, 1.807) is 12.1 Å². The normalized spacial score (nSPS) is 20.7. The highest BCUT2D eigenvalue weighted by Crippen LogP contribution is 2.47. The highest BCUT2D eigenvalue weighted by molar-refractivity contribution is 7.47. The number of benzene rings is 1. The number of aromatic nitrogens is 3. The van der Waals surface area contributed by atoms with E-state index in [1.165, 1.54) is 29.0 Å². The summed E-state index contributed by atoms with van der Waals surface area (Å²) in [6.45, 7) is -1.40. The van der Waals surface area contributed by atoms with Crippen LogP contribution in [0.1, 0.15) is 126 Å². The predicted molar refractivity (Wildman–Crippen MR) is 214 cm³/mol. The summed E-state index contributed by atoms with van der Waals surface area (Å²) in [5.41, 5.74) is 4.63. The number of fused-ring (bicyclic) bond motifs is 1. The van der Waals surface area contributed by atoms with Gasteiger partial charge in [0.25, 0.3) is 0 Å². The zero-order valence-electron chi connectivity index (χ0n) is 34.2. The standard InChI is InChI=1S/C41H57F4N6O9P/c42-32-21-30(23-46)20-31(22-32)24-57-33(25-56-19-15-13-11-9-7-5-3-1-2-4-6-8-10-12-14-18-41(43,44)45)26-58-61(54,55)59-28-40(27-47)38(53)36(52)37(60-40)34-16-17-35-39(48)49-29-50-51(34)35/h16-17,20-22,29,33,36-38,52-53H,1-15,18-19,24-26,28H2,(H,54,55)(H2,48,49,50)/t33-,36+,37+,38+,40-/m1/s1. The Kier molecular flexibility index (Phi) is 20.3. The van der Waals surface area contributed by atoms with E-state index in [0.717, 1.165) is 89.5 Å².